The zero-order valence-corrected chi connectivity index (χ0v) is 12.1. The van der Waals surface area contributed by atoms with Crippen molar-refractivity contribution in [3.63, 3.8) is 0 Å². The summed E-state index contributed by atoms with van der Waals surface area (Å²) < 4.78 is 19.3. The Labute approximate surface area is 125 Å². The number of fused-ring (bicyclic) bond motifs is 2. The first-order chi connectivity index (χ1) is 10.0. The van der Waals surface area contributed by atoms with Crippen LogP contribution in [0.3, 0.4) is 0 Å². The maximum absolute atomic E-state index is 14.0. The summed E-state index contributed by atoms with van der Waals surface area (Å²) in [5, 5.41) is 9.92. The van der Waals surface area contributed by atoms with Gasteiger partial charge in [0.25, 0.3) is 0 Å². The molecule has 1 aliphatic rings. The van der Waals surface area contributed by atoms with E-state index in [1.807, 2.05) is 0 Å². The highest BCUT2D eigenvalue weighted by molar-refractivity contribution is 6.36. The van der Waals surface area contributed by atoms with Crippen molar-refractivity contribution in [1.29, 1.82) is 0 Å². The Balaban J connectivity index is 2.38. The molecular formula is C15H13ClFNO3. The van der Waals surface area contributed by atoms with Crippen LogP contribution in [0.1, 0.15) is 28.0 Å². The van der Waals surface area contributed by atoms with Crippen molar-refractivity contribution in [2.24, 2.45) is 0 Å². The molecule has 0 saturated carbocycles. The number of carboxylic acid groups (broad SMARTS) is 1. The number of hydrogen-bond acceptors (Lipinski definition) is 3. The van der Waals surface area contributed by atoms with E-state index in [4.69, 9.17) is 16.3 Å². The Morgan fingerprint density at radius 3 is 2.95 bits per heavy atom. The average molecular weight is 310 g/mol. The lowest BCUT2D eigenvalue weighted by atomic mass is 9.88. The van der Waals surface area contributed by atoms with E-state index in [-0.39, 0.29) is 27.6 Å². The van der Waals surface area contributed by atoms with Gasteiger partial charge in [-0.25, -0.2) is 14.2 Å². The van der Waals surface area contributed by atoms with E-state index in [1.54, 1.807) is 7.11 Å². The first kappa shape index (κ1) is 14.2. The average Bonchev–Trinajstić information content (AvgIpc) is 2.48. The van der Waals surface area contributed by atoms with E-state index in [0.29, 0.717) is 24.1 Å². The van der Waals surface area contributed by atoms with E-state index in [9.17, 15) is 14.3 Å². The van der Waals surface area contributed by atoms with Gasteiger partial charge in [0.2, 0.25) is 0 Å². The highest BCUT2D eigenvalue weighted by atomic mass is 35.5. The number of aryl methyl sites for hydroxylation is 1. The number of halogens is 2. The van der Waals surface area contributed by atoms with Crippen LogP contribution in [0.4, 0.5) is 4.39 Å². The molecule has 1 unspecified atom stereocenters. The lowest BCUT2D eigenvalue weighted by Gasteiger charge is -2.25. The molecule has 0 bridgehead atoms. The van der Waals surface area contributed by atoms with Crippen molar-refractivity contribution in [3.8, 4) is 0 Å². The standard InChI is InChI=1S/C15H13ClFNO3/c1-21-7-2-5-11-8(6-7)12(15(19)20)13-9(16)3-4-10(17)14(13)18-11/h3-4,7H,2,5-6H2,1H3,(H,19,20). The van der Waals surface area contributed by atoms with Crippen LogP contribution in [-0.4, -0.2) is 29.3 Å². The van der Waals surface area contributed by atoms with Crippen molar-refractivity contribution in [2.45, 2.75) is 25.4 Å². The van der Waals surface area contributed by atoms with Gasteiger partial charge < -0.3 is 9.84 Å². The SMILES string of the molecule is COC1CCc2nc3c(F)ccc(Cl)c3c(C(=O)O)c2C1. The van der Waals surface area contributed by atoms with E-state index in [0.717, 1.165) is 6.42 Å². The van der Waals surface area contributed by atoms with E-state index < -0.39 is 11.8 Å². The predicted molar refractivity (Wildman–Crippen MR) is 76.5 cm³/mol. The Morgan fingerprint density at radius 1 is 1.52 bits per heavy atom. The highest BCUT2D eigenvalue weighted by Gasteiger charge is 2.28. The number of pyridine rings is 1. The Bertz CT molecular complexity index is 748. The molecule has 0 amide bonds. The number of benzene rings is 1. The largest absolute Gasteiger partial charge is 0.478 e. The third-order valence-corrected chi connectivity index (χ3v) is 4.22. The molecule has 1 aromatic carbocycles. The van der Waals surface area contributed by atoms with E-state index in [2.05, 4.69) is 4.98 Å². The number of methoxy groups -OCH3 is 1. The Hall–Kier alpha value is -1.72. The zero-order valence-electron chi connectivity index (χ0n) is 11.3. The summed E-state index contributed by atoms with van der Waals surface area (Å²) >= 11 is 6.09. The normalized spacial score (nSPS) is 17.8. The minimum Gasteiger partial charge on any atom is -0.478 e. The molecule has 6 heteroatoms. The van der Waals surface area contributed by atoms with Gasteiger partial charge in [-0.3, -0.25) is 0 Å². The van der Waals surface area contributed by atoms with Gasteiger partial charge in [-0.05, 0) is 30.5 Å². The van der Waals surface area contributed by atoms with Gasteiger partial charge >= 0.3 is 5.97 Å². The number of aromatic nitrogens is 1. The summed E-state index contributed by atoms with van der Waals surface area (Å²) in [7, 11) is 1.59. The van der Waals surface area contributed by atoms with E-state index in [1.165, 1.54) is 12.1 Å². The van der Waals surface area contributed by atoms with Gasteiger partial charge in [-0.2, -0.15) is 0 Å². The van der Waals surface area contributed by atoms with Crippen LogP contribution < -0.4 is 0 Å². The number of hydrogen-bond donors (Lipinski definition) is 1. The van der Waals surface area contributed by atoms with Crippen LogP contribution in [0, 0.1) is 5.82 Å². The number of nitrogens with zero attached hydrogens (tertiary/aromatic N) is 1. The molecule has 1 atom stereocenters. The first-order valence-corrected chi connectivity index (χ1v) is 6.96. The van der Waals surface area contributed by atoms with Gasteiger partial charge in [-0.15, -0.1) is 0 Å². The Kier molecular flexibility index (Phi) is 3.55. The maximum atomic E-state index is 14.0. The predicted octanol–water partition coefficient (Wildman–Crippen LogP) is 3.23. The van der Waals surface area contributed by atoms with Crippen molar-refractivity contribution in [2.75, 3.05) is 7.11 Å². The molecule has 2 aromatic rings. The minimum atomic E-state index is -1.12. The van der Waals surface area contributed by atoms with Crippen LogP contribution in [0.15, 0.2) is 12.1 Å². The molecule has 0 aliphatic heterocycles. The fourth-order valence-electron chi connectivity index (χ4n) is 2.88. The topological polar surface area (TPSA) is 59.4 Å². The maximum Gasteiger partial charge on any atom is 0.336 e. The van der Waals surface area contributed by atoms with Crippen molar-refractivity contribution in [3.05, 3.63) is 39.8 Å². The lowest BCUT2D eigenvalue weighted by molar-refractivity contribution is 0.0690. The number of rotatable bonds is 2. The molecule has 1 N–H and O–H groups in total. The monoisotopic (exact) mass is 309 g/mol. The second kappa shape index (κ2) is 5.24. The summed E-state index contributed by atoms with van der Waals surface area (Å²) in [6, 6.07) is 2.56. The number of ether oxygens (including phenoxy) is 1. The highest BCUT2D eigenvalue weighted by Crippen LogP contribution is 2.34. The second-order valence-corrected chi connectivity index (χ2v) is 5.48. The third kappa shape index (κ3) is 2.26. The van der Waals surface area contributed by atoms with Crippen LogP contribution >= 0.6 is 11.6 Å². The molecule has 4 nitrogen and oxygen atoms in total. The van der Waals surface area contributed by atoms with Gasteiger partial charge in [0, 0.05) is 24.6 Å². The molecule has 21 heavy (non-hydrogen) atoms. The molecule has 1 aliphatic carbocycles. The van der Waals surface area contributed by atoms with Crippen molar-refractivity contribution >= 4 is 28.5 Å². The fraction of sp³-hybridized carbons (Fsp3) is 0.333. The molecule has 0 saturated heterocycles. The van der Waals surface area contributed by atoms with Crippen LogP contribution in [0.2, 0.25) is 5.02 Å². The van der Waals surface area contributed by atoms with Crippen molar-refractivity contribution < 1.29 is 19.0 Å². The molecule has 3 rings (SSSR count). The molecular weight excluding hydrogens is 297 g/mol. The third-order valence-electron chi connectivity index (χ3n) is 3.91. The molecule has 0 spiro atoms. The zero-order chi connectivity index (χ0) is 15.1. The molecule has 0 radical (unpaired) electrons. The van der Waals surface area contributed by atoms with Gasteiger partial charge in [0.15, 0.2) is 0 Å². The number of carbonyl (C=O) groups is 1. The van der Waals surface area contributed by atoms with Crippen LogP contribution in [0.5, 0.6) is 0 Å². The molecule has 0 fully saturated rings. The fourth-order valence-corrected chi connectivity index (χ4v) is 3.12. The number of aromatic carboxylic acids is 1. The molecule has 110 valence electrons. The smallest absolute Gasteiger partial charge is 0.336 e. The quantitative estimate of drug-likeness (QED) is 0.925. The first-order valence-electron chi connectivity index (χ1n) is 6.58. The minimum absolute atomic E-state index is 0.0227. The summed E-state index contributed by atoms with van der Waals surface area (Å²) in [6.07, 6.45) is 1.70. The van der Waals surface area contributed by atoms with Gasteiger partial charge in [0.1, 0.15) is 11.3 Å². The Morgan fingerprint density at radius 2 is 2.29 bits per heavy atom. The van der Waals surface area contributed by atoms with Gasteiger partial charge in [-0.1, -0.05) is 11.6 Å². The van der Waals surface area contributed by atoms with Crippen LogP contribution in [0.25, 0.3) is 10.9 Å². The number of carboxylic acids is 1. The summed E-state index contributed by atoms with van der Waals surface area (Å²) in [6.45, 7) is 0. The summed E-state index contributed by atoms with van der Waals surface area (Å²) in [4.78, 5) is 16.0. The van der Waals surface area contributed by atoms with Crippen LogP contribution in [-0.2, 0) is 17.6 Å². The summed E-state index contributed by atoms with van der Waals surface area (Å²) in [5.74, 6) is -1.68. The van der Waals surface area contributed by atoms with E-state index >= 15 is 0 Å². The molecule has 1 aromatic heterocycles. The summed E-state index contributed by atoms with van der Waals surface area (Å²) in [5.41, 5.74) is 1.28. The second-order valence-electron chi connectivity index (χ2n) is 5.07. The molecule has 1 heterocycles. The lowest BCUT2D eigenvalue weighted by Crippen LogP contribution is -2.25. The van der Waals surface area contributed by atoms with Gasteiger partial charge in [0.05, 0.1) is 16.7 Å². The van der Waals surface area contributed by atoms with Crippen molar-refractivity contribution in [1.82, 2.24) is 4.98 Å².